The molecule has 1 saturated heterocycles. The maximum absolute atomic E-state index is 12.9. The van der Waals surface area contributed by atoms with E-state index in [0.717, 1.165) is 47.5 Å². The Bertz CT molecular complexity index is 735. The molecule has 1 aliphatic carbocycles. The Morgan fingerprint density at radius 3 is 2.65 bits per heavy atom. The van der Waals surface area contributed by atoms with E-state index in [-0.39, 0.29) is 5.92 Å². The van der Waals surface area contributed by atoms with Gasteiger partial charge in [0.05, 0.1) is 7.11 Å². The highest BCUT2D eigenvalue weighted by atomic mass is 16.5. The fraction of sp³-hybridized carbons (Fsp3) is 0.450. The largest absolute Gasteiger partial charge is 0.497 e. The molecule has 0 bridgehead atoms. The highest BCUT2D eigenvalue weighted by Gasteiger charge is 2.34. The molecule has 1 aliphatic heterocycles. The Morgan fingerprint density at radius 1 is 1.09 bits per heavy atom. The number of carbonyl (C=O) groups is 1. The molecule has 2 aromatic carbocycles. The normalized spacial score (nSPS) is 22.2. The minimum Gasteiger partial charge on any atom is -0.497 e. The van der Waals surface area contributed by atoms with Gasteiger partial charge >= 0.3 is 0 Å². The van der Waals surface area contributed by atoms with Gasteiger partial charge in [0.15, 0.2) is 5.78 Å². The second-order valence-corrected chi connectivity index (χ2v) is 6.86. The summed E-state index contributed by atoms with van der Waals surface area (Å²) in [6.45, 7) is 2.12. The molecule has 0 amide bonds. The molecule has 4 rings (SSSR count). The predicted octanol–water partition coefficient (Wildman–Crippen LogP) is 3.91. The Labute approximate surface area is 137 Å². The van der Waals surface area contributed by atoms with Crippen LogP contribution >= 0.6 is 0 Å². The molecule has 3 heteroatoms. The second kappa shape index (κ2) is 5.97. The molecule has 3 nitrogen and oxygen atoms in total. The van der Waals surface area contributed by atoms with E-state index >= 15 is 0 Å². The highest BCUT2D eigenvalue weighted by molar-refractivity contribution is 6.01. The summed E-state index contributed by atoms with van der Waals surface area (Å²) < 4.78 is 5.26. The number of ketones is 1. The Morgan fingerprint density at radius 2 is 1.87 bits per heavy atom. The lowest BCUT2D eigenvalue weighted by Crippen LogP contribution is -2.39. The van der Waals surface area contributed by atoms with E-state index in [2.05, 4.69) is 4.90 Å². The summed E-state index contributed by atoms with van der Waals surface area (Å²) in [6, 6.07) is 12.8. The van der Waals surface area contributed by atoms with Crippen LogP contribution in [0.3, 0.4) is 0 Å². The monoisotopic (exact) mass is 309 g/mol. The van der Waals surface area contributed by atoms with Gasteiger partial charge in [-0.25, -0.2) is 0 Å². The molecule has 23 heavy (non-hydrogen) atoms. The first-order valence-electron chi connectivity index (χ1n) is 8.60. The number of nitrogens with zero attached hydrogens (tertiary/aromatic N) is 1. The zero-order chi connectivity index (χ0) is 15.8. The van der Waals surface area contributed by atoms with E-state index in [1.54, 1.807) is 7.11 Å². The van der Waals surface area contributed by atoms with Gasteiger partial charge in [0.25, 0.3) is 0 Å². The van der Waals surface area contributed by atoms with Crippen molar-refractivity contribution in [1.82, 2.24) is 4.90 Å². The topological polar surface area (TPSA) is 29.5 Å². The zero-order valence-corrected chi connectivity index (χ0v) is 13.6. The second-order valence-electron chi connectivity index (χ2n) is 6.86. The predicted molar refractivity (Wildman–Crippen MR) is 92.1 cm³/mol. The van der Waals surface area contributed by atoms with Crippen molar-refractivity contribution in [3.05, 3.63) is 42.0 Å². The van der Waals surface area contributed by atoms with Gasteiger partial charge in [0.2, 0.25) is 0 Å². The third kappa shape index (κ3) is 2.98. The van der Waals surface area contributed by atoms with E-state index in [1.807, 2.05) is 36.4 Å². The van der Waals surface area contributed by atoms with Crippen molar-refractivity contribution in [3.63, 3.8) is 0 Å². The first-order valence-corrected chi connectivity index (χ1v) is 8.60. The van der Waals surface area contributed by atoms with Crippen LogP contribution in [0, 0.1) is 5.92 Å². The number of carbonyl (C=O) groups excluding carboxylic acids is 1. The molecule has 0 spiro atoms. The van der Waals surface area contributed by atoms with E-state index < -0.39 is 0 Å². The van der Waals surface area contributed by atoms with Gasteiger partial charge in [-0.1, -0.05) is 18.2 Å². The molecular formula is C20H23NO2. The molecule has 1 heterocycles. The maximum Gasteiger partial charge on any atom is 0.167 e. The van der Waals surface area contributed by atoms with E-state index in [0.29, 0.717) is 5.78 Å². The molecule has 0 N–H and O–H groups in total. The number of likely N-dealkylation sites (tertiary alicyclic amines) is 1. The van der Waals surface area contributed by atoms with Gasteiger partial charge in [-0.15, -0.1) is 0 Å². The first kappa shape index (κ1) is 14.7. The molecule has 2 aromatic rings. The van der Waals surface area contributed by atoms with Crippen LogP contribution in [0.1, 0.15) is 36.0 Å². The van der Waals surface area contributed by atoms with Crippen LogP contribution in [0.5, 0.6) is 5.75 Å². The van der Waals surface area contributed by atoms with Gasteiger partial charge in [-0.3, -0.25) is 9.69 Å². The zero-order valence-electron chi connectivity index (χ0n) is 13.6. The molecule has 1 atom stereocenters. The number of hydrogen-bond acceptors (Lipinski definition) is 3. The van der Waals surface area contributed by atoms with E-state index in [1.165, 1.54) is 19.4 Å². The number of ether oxygens (including phenoxy) is 1. The summed E-state index contributed by atoms with van der Waals surface area (Å²) in [5.74, 6) is 1.33. The fourth-order valence-corrected chi connectivity index (χ4v) is 3.73. The summed E-state index contributed by atoms with van der Waals surface area (Å²) >= 11 is 0. The molecular weight excluding hydrogens is 286 g/mol. The van der Waals surface area contributed by atoms with Crippen molar-refractivity contribution in [1.29, 1.82) is 0 Å². The number of hydrogen-bond donors (Lipinski definition) is 0. The number of rotatable bonds is 4. The average molecular weight is 309 g/mol. The summed E-state index contributed by atoms with van der Waals surface area (Å²) in [5.41, 5.74) is 0.852. The molecule has 0 unspecified atom stereocenters. The standard InChI is InChI=1S/C20H23NO2/c1-23-19-9-6-14-11-16(5-4-15(14)12-19)20(22)17-3-2-10-21(13-17)18-7-8-18/h4-6,9,11-12,17-18H,2-3,7-8,10,13H2,1H3/t17-/m0/s1. The van der Waals surface area contributed by atoms with Gasteiger partial charge in [-0.05, 0) is 61.2 Å². The number of piperidine rings is 1. The van der Waals surface area contributed by atoms with Crippen LogP contribution in [-0.2, 0) is 0 Å². The van der Waals surface area contributed by atoms with Gasteiger partial charge in [0, 0.05) is 24.1 Å². The Hall–Kier alpha value is -1.87. The fourth-order valence-electron chi connectivity index (χ4n) is 3.73. The van der Waals surface area contributed by atoms with E-state index in [4.69, 9.17) is 4.74 Å². The van der Waals surface area contributed by atoms with Gasteiger partial charge < -0.3 is 4.74 Å². The third-order valence-electron chi connectivity index (χ3n) is 5.22. The van der Waals surface area contributed by atoms with E-state index in [9.17, 15) is 4.79 Å². The Kier molecular flexibility index (Phi) is 3.82. The van der Waals surface area contributed by atoms with Crippen molar-refractivity contribution in [3.8, 4) is 5.75 Å². The van der Waals surface area contributed by atoms with Crippen LogP contribution < -0.4 is 4.74 Å². The van der Waals surface area contributed by atoms with Gasteiger partial charge in [0.1, 0.15) is 5.75 Å². The molecule has 0 radical (unpaired) electrons. The highest BCUT2D eigenvalue weighted by Crippen LogP contribution is 2.32. The van der Waals surface area contributed by atoms with Crippen LogP contribution in [-0.4, -0.2) is 36.9 Å². The number of Topliss-reactive ketones (excluding diaryl/α,β-unsaturated/α-hetero) is 1. The third-order valence-corrected chi connectivity index (χ3v) is 5.22. The molecule has 120 valence electrons. The van der Waals surface area contributed by atoms with Crippen molar-refractivity contribution < 1.29 is 9.53 Å². The van der Waals surface area contributed by atoms with Crippen molar-refractivity contribution in [2.75, 3.05) is 20.2 Å². The average Bonchev–Trinajstić information content (AvgIpc) is 3.45. The number of methoxy groups -OCH3 is 1. The van der Waals surface area contributed by atoms with Crippen LogP contribution in [0.4, 0.5) is 0 Å². The lowest BCUT2D eigenvalue weighted by molar-refractivity contribution is 0.0811. The lowest BCUT2D eigenvalue weighted by Gasteiger charge is -2.32. The number of fused-ring (bicyclic) bond motifs is 1. The smallest absolute Gasteiger partial charge is 0.167 e. The summed E-state index contributed by atoms with van der Waals surface area (Å²) in [4.78, 5) is 15.4. The SMILES string of the molecule is COc1ccc2cc(C(=O)[C@H]3CCCN(C4CC4)C3)ccc2c1. The molecule has 2 aliphatic rings. The summed E-state index contributed by atoms with van der Waals surface area (Å²) in [6.07, 6.45) is 4.82. The lowest BCUT2D eigenvalue weighted by atomic mass is 9.89. The summed E-state index contributed by atoms with van der Waals surface area (Å²) in [5, 5.41) is 2.22. The Balaban J connectivity index is 1.56. The number of benzene rings is 2. The summed E-state index contributed by atoms with van der Waals surface area (Å²) in [7, 11) is 1.67. The van der Waals surface area contributed by atoms with Crippen molar-refractivity contribution in [2.45, 2.75) is 31.7 Å². The van der Waals surface area contributed by atoms with Crippen LogP contribution in [0.2, 0.25) is 0 Å². The molecule has 2 fully saturated rings. The minimum atomic E-state index is 0.167. The van der Waals surface area contributed by atoms with Crippen LogP contribution in [0.25, 0.3) is 10.8 Å². The molecule has 0 aromatic heterocycles. The van der Waals surface area contributed by atoms with Crippen molar-refractivity contribution in [2.24, 2.45) is 5.92 Å². The minimum absolute atomic E-state index is 0.167. The maximum atomic E-state index is 12.9. The van der Waals surface area contributed by atoms with Crippen molar-refractivity contribution >= 4 is 16.6 Å². The first-order chi connectivity index (χ1) is 11.2. The van der Waals surface area contributed by atoms with Crippen LogP contribution in [0.15, 0.2) is 36.4 Å². The quantitative estimate of drug-likeness (QED) is 0.802. The molecule has 1 saturated carbocycles. The van der Waals surface area contributed by atoms with Gasteiger partial charge in [-0.2, -0.15) is 0 Å².